The van der Waals surface area contributed by atoms with Gasteiger partial charge in [0.15, 0.2) is 11.5 Å². The molecule has 3 nitrogen and oxygen atoms in total. The third-order valence-corrected chi connectivity index (χ3v) is 4.21. The van der Waals surface area contributed by atoms with Gasteiger partial charge in [-0.3, -0.25) is 0 Å². The Labute approximate surface area is 157 Å². The van der Waals surface area contributed by atoms with Crippen molar-refractivity contribution in [1.82, 2.24) is 0 Å². The molecule has 0 aromatic heterocycles. The lowest BCUT2D eigenvalue weighted by Gasteiger charge is -2.17. The molecule has 1 radical (unpaired) electrons. The zero-order valence-corrected chi connectivity index (χ0v) is 15.1. The highest BCUT2D eigenvalue weighted by Crippen LogP contribution is 2.45. The number of hydrogen-bond donors (Lipinski definition) is 1. The quantitative estimate of drug-likeness (QED) is 0.564. The van der Waals surface area contributed by atoms with E-state index in [2.05, 4.69) is 11.4 Å². The van der Waals surface area contributed by atoms with Crippen LogP contribution in [0.2, 0.25) is 10.0 Å². The van der Waals surface area contributed by atoms with Crippen LogP contribution in [0.5, 0.6) is 11.5 Å². The van der Waals surface area contributed by atoms with Gasteiger partial charge in [0.1, 0.15) is 11.6 Å². The fourth-order valence-electron chi connectivity index (χ4n) is 2.33. The molecule has 0 saturated carbocycles. The Balaban J connectivity index is 1.87. The smallest absolute Gasteiger partial charge is 0.181 e. The second-order valence-corrected chi connectivity index (χ2v) is 6.04. The van der Waals surface area contributed by atoms with Gasteiger partial charge in [-0.15, -0.1) is 0 Å². The summed E-state index contributed by atoms with van der Waals surface area (Å²) in [5.41, 5.74) is 2.35. The van der Waals surface area contributed by atoms with E-state index in [4.69, 9.17) is 32.7 Å². The number of nitrogens with one attached hydrogen (secondary N) is 1. The molecule has 0 amide bonds. The fourth-order valence-corrected chi connectivity index (χ4v) is 2.94. The van der Waals surface area contributed by atoms with Crippen molar-refractivity contribution in [2.75, 3.05) is 12.4 Å². The second-order valence-electron chi connectivity index (χ2n) is 5.25. The molecule has 5 heteroatoms. The fraction of sp³-hybridized carbons (Fsp3) is 0.100. The molecule has 3 aromatic carbocycles. The van der Waals surface area contributed by atoms with Gasteiger partial charge in [-0.25, -0.2) is 0 Å². The summed E-state index contributed by atoms with van der Waals surface area (Å²) in [6.07, 6.45) is 0. The van der Waals surface area contributed by atoms with Gasteiger partial charge in [-0.1, -0.05) is 71.7 Å². The normalized spacial score (nSPS) is 10.4. The van der Waals surface area contributed by atoms with Gasteiger partial charge in [-0.05, 0) is 11.6 Å². The molecule has 3 rings (SSSR count). The van der Waals surface area contributed by atoms with Gasteiger partial charge in [0.25, 0.3) is 0 Å². The third kappa shape index (κ3) is 4.19. The predicted molar refractivity (Wildman–Crippen MR) is 102 cm³/mol. The topological polar surface area (TPSA) is 30.5 Å². The summed E-state index contributed by atoms with van der Waals surface area (Å²) in [5.74, 6) is 0.921. The Kier molecular flexibility index (Phi) is 5.69. The van der Waals surface area contributed by atoms with Crippen LogP contribution in [-0.2, 0) is 6.61 Å². The molecule has 0 saturated heterocycles. The molecule has 0 aliphatic heterocycles. The SMILES string of the molecule is COc1c(OCc2ccccc2)cc(Cl)c(Nc2[c]cccc2)c1Cl. The minimum absolute atomic E-state index is 0.357. The van der Waals surface area contributed by atoms with E-state index >= 15 is 0 Å². The predicted octanol–water partition coefficient (Wildman–Crippen LogP) is 6.12. The first kappa shape index (κ1) is 17.5. The van der Waals surface area contributed by atoms with Crippen molar-refractivity contribution < 1.29 is 9.47 Å². The van der Waals surface area contributed by atoms with E-state index in [-0.39, 0.29) is 0 Å². The van der Waals surface area contributed by atoms with Gasteiger partial charge in [-0.2, -0.15) is 0 Å². The van der Waals surface area contributed by atoms with E-state index in [1.54, 1.807) is 19.2 Å². The summed E-state index contributed by atoms with van der Waals surface area (Å²) in [5, 5.41) is 3.95. The maximum Gasteiger partial charge on any atom is 0.181 e. The second kappa shape index (κ2) is 8.15. The molecule has 0 unspecified atom stereocenters. The number of para-hydroxylation sites is 1. The van der Waals surface area contributed by atoms with Crippen LogP contribution in [0.4, 0.5) is 11.4 Å². The van der Waals surface area contributed by atoms with Crippen molar-refractivity contribution in [3.8, 4) is 11.5 Å². The van der Waals surface area contributed by atoms with Crippen LogP contribution >= 0.6 is 23.2 Å². The van der Waals surface area contributed by atoms with Gasteiger partial charge in [0, 0.05) is 17.8 Å². The molecule has 0 spiro atoms. The molecule has 127 valence electrons. The third-order valence-electron chi connectivity index (χ3n) is 3.55. The van der Waals surface area contributed by atoms with Crippen LogP contribution in [0.1, 0.15) is 5.56 Å². The van der Waals surface area contributed by atoms with Gasteiger partial charge < -0.3 is 14.8 Å². The minimum Gasteiger partial charge on any atom is -0.491 e. The highest BCUT2D eigenvalue weighted by atomic mass is 35.5. The molecule has 0 heterocycles. The number of anilines is 2. The first-order valence-electron chi connectivity index (χ1n) is 7.65. The van der Waals surface area contributed by atoms with E-state index in [0.717, 1.165) is 11.3 Å². The first-order valence-corrected chi connectivity index (χ1v) is 8.41. The molecule has 0 fully saturated rings. The van der Waals surface area contributed by atoms with Crippen molar-refractivity contribution in [3.05, 3.63) is 82.3 Å². The number of benzene rings is 3. The Hall–Kier alpha value is -2.36. The van der Waals surface area contributed by atoms with E-state index in [1.807, 2.05) is 48.5 Å². The van der Waals surface area contributed by atoms with Crippen LogP contribution in [-0.4, -0.2) is 7.11 Å². The Morgan fingerprint density at radius 3 is 2.48 bits per heavy atom. The van der Waals surface area contributed by atoms with E-state index in [9.17, 15) is 0 Å². The van der Waals surface area contributed by atoms with Crippen LogP contribution < -0.4 is 14.8 Å². The van der Waals surface area contributed by atoms with E-state index in [1.165, 1.54) is 0 Å². The monoisotopic (exact) mass is 372 g/mol. The highest BCUT2D eigenvalue weighted by molar-refractivity contribution is 6.40. The lowest BCUT2D eigenvalue weighted by molar-refractivity contribution is 0.285. The van der Waals surface area contributed by atoms with Crippen LogP contribution in [0.25, 0.3) is 0 Å². The first-order chi connectivity index (χ1) is 12.2. The molecular weight excluding hydrogens is 357 g/mol. The lowest BCUT2D eigenvalue weighted by atomic mass is 10.2. The van der Waals surface area contributed by atoms with E-state index < -0.39 is 0 Å². The lowest BCUT2D eigenvalue weighted by Crippen LogP contribution is -2.00. The number of hydrogen-bond acceptors (Lipinski definition) is 3. The van der Waals surface area contributed by atoms with Crippen molar-refractivity contribution in [2.24, 2.45) is 0 Å². The van der Waals surface area contributed by atoms with Crippen molar-refractivity contribution >= 4 is 34.6 Å². The average molecular weight is 373 g/mol. The summed E-state index contributed by atoms with van der Waals surface area (Å²) in [6.45, 7) is 0.392. The maximum atomic E-state index is 6.49. The largest absolute Gasteiger partial charge is 0.491 e. The Morgan fingerprint density at radius 1 is 1.04 bits per heavy atom. The molecule has 25 heavy (non-hydrogen) atoms. The zero-order chi connectivity index (χ0) is 17.6. The van der Waals surface area contributed by atoms with Crippen molar-refractivity contribution in [2.45, 2.75) is 6.61 Å². The molecule has 1 N–H and O–H groups in total. The van der Waals surface area contributed by atoms with Crippen molar-refractivity contribution in [3.63, 3.8) is 0 Å². The Morgan fingerprint density at radius 2 is 1.80 bits per heavy atom. The van der Waals surface area contributed by atoms with Gasteiger partial charge >= 0.3 is 0 Å². The summed E-state index contributed by atoms with van der Waals surface area (Å²) >= 11 is 12.9. The number of ether oxygens (including phenoxy) is 2. The molecular formula is C20H16Cl2NO2. The standard InChI is InChI=1S/C20H16Cl2NO2/c1-24-20-17(25-13-14-8-4-2-5-9-14)12-16(21)19(18(20)22)23-15-10-6-3-7-11-15/h2-10,12,23H,13H2,1H3. The summed E-state index contributed by atoms with van der Waals surface area (Å²) < 4.78 is 11.3. The molecule has 0 atom stereocenters. The van der Waals surface area contributed by atoms with Crippen LogP contribution in [0.15, 0.2) is 60.7 Å². The molecule has 0 aliphatic carbocycles. The van der Waals surface area contributed by atoms with Crippen LogP contribution in [0, 0.1) is 6.07 Å². The van der Waals surface area contributed by atoms with Gasteiger partial charge in [0.2, 0.25) is 0 Å². The highest BCUT2D eigenvalue weighted by Gasteiger charge is 2.18. The molecule has 0 aliphatic rings. The summed E-state index contributed by atoms with van der Waals surface area (Å²) in [6, 6.07) is 22.1. The summed E-state index contributed by atoms with van der Waals surface area (Å²) in [7, 11) is 1.54. The average Bonchev–Trinajstić information content (AvgIpc) is 2.65. The zero-order valence-electron chi connectivity index (χ0n) is 13.6. The van der Waals surface area contributed by atoms with Crippen LogP contribution in [0.3, 0.4) is 0 Å². The Bertz CT molecular complexity index is 839. The number of methoxy groups -OCH3 is 1. The number of halogens is 2. The maximum absolute atomic E-state index is 6.49. The minimum atomic E-state index is 0.357. The molecule has 3 aromatic rings. The molecule has 0 bridgehead atoms. The van der Waals surface area contributed by atoms with Gasteiger partial charge in [0.05, 0.1) is 17.8 Å². The van der Waals surface area contributed by atoms with E-state index in [0.29, 0.717) is 33.8 Å². The number of rotatable bonds is 6. The van der Waals surface area contributed by atoms with Crippen molar-refractivity contribution in [1.29, 1.82) is 0 Å². The summed E-state index contributed by atoms with van der Waals surface area (Å²) in [4.78, 5) is 0.